The van der Waals surface area contributed by atoms with Crippen molar-refractivity contribution in [1.82, 2.24) is 20.7 Å². The standard InChI is InChI=1S/C15H22N4O3/c1-9(2)13-6-12(22-18-13)7-16-15(21)17-10-5-14(20)19(8-10)11-3-4-11/h6,9-11H,3-5,7-8H2,1-2H3,(H2,16,17,21)/t10-/m1/s1. The third-order valence-electron chi connectivity index (χ3n) is 4.07. The summed E-state index contributed by atoms with van der Waals surface area (Å²) in [4.78, 5) is 25.6. The van der Waals surface area contributed by atoms with E-state index in [0.717, 1.165) is 18.5 Å². The fourth-order valence-corrected chi connectivity index (χ4v) is 2.66. The second-order valence-corrected chi connectivity index (χ2v) is 6.38. The van der Waals surface area contributed by atoms with Gasteiger partial charge in [-0.3, -0.25) is 4.79 Å². The molecule has 0 radical (unpaired) electrons. The van der Waals surface area contributed by atoms with Crippen LogP contribution in [-0.2, 0) is 11.3 Å². The summed E-state index contributed by atoms with van der Waals surface area (Å²) < 4.78 is 5.17. The summed E-state index contributed by atoms with van der Waals surface area (Å²) in [7, 11) is 0. The maximum Gasteiger partial charge on any atom is 0.315 e. The van der Waals surface area contributed by atoms with Gasteiger partial charge in [0.1, 0.15) is 0 Å². The van der Waals surface area contributed by atoms with Crippen LogP contribution in [0.5, 0.6) is 0 Å². The van der Waals surface area contributed by atoms with E-state index in [2.05, 4.69) is 15.8 Å². The molecular formula is C15H22N4O3. The Hall–Kier alpha value is -2.05. The number of amides is 3. The highest BCUT2D eigenvalue weighted by molar-refractivity contribution is 5.82. The molecule has 22 heavy (non-hydrogen) atoms. The Labute approximate surface area is 129 Å². The van der Waals surface area contributed by atoms with Crippen LogP contribution in [-0.4, -0.2) is 40.6 Å². The van der Waals surface area contributed by atoms with Crippen molar-refractivity contribution < 1.29 is 14.1 Å². The van der Waals surface area contributed by atoms with Crippen LogP contribution >= 0.6 is 0 Å². The SMILES string of the molecule is CC(C)c1cc(CNC(=O)N[C@@H]2CC(=O)N(C3CC3)C2)on1. The van der Waals surface area contributed by atoms with Gasteiger partial charge in [0.25, 0.3) is 0 Å². The topological polar surface area (TPSA) is 87.5 Å². The molecule has 1 aromatic rings. The predicted molar refractivity (Wildman–Crippen MR) is 79.1 cm³/mol. The van der Waals surface area contributed by atoms with Crippen LogP contribution in [0, 0.1) is 0 Å². The molecule has 0 unspecified atom stereocenters. The van der Waals surface area contributed by atoms with Crippen molar-refractivity contribution in [2.24, 2.45) is 0 Å². The second-order valence-electron chi connectivity index (χ2n) is 6.38. The molecule has 7 heteroatoms. The molecular weight excluding hydrogens is 284 g/mol. The average molecular weight is 306 g/mol. The number of hydrogen-bond donors (Lipinski definition) is 2. The first-order valence-corrected chi connectivity index (χ1v) is 7.82. The van der Waals surface area contributed by atoms with Gasteiger partial charge in [0.05, 0.1) is 18.3 Å². The van der Waals surface area contributed by atoms with Crippen LogP contribution < -0.4 is 10.6 Å². The fourth-order valence-electron chi connectivity index (χ4n) is 2.66. The van der Waals surface area contributed by atoms with Crippen molar-refractivity contribution >= 4 is 11.9 Å². The zero-order chi connectivity index (χ0) is 15.7. The van der Waals surface area contributed by atoms with E-state index in [4.69, 9.17) is 4.52 Å². The molecule has 2 fully saturated rings. The molecule has 1 aliphatic carbocycles. The molecule has 2 heterocycles. The maximum absolute atomic E-state index is 11.9. The highest BCUT2D eigenvalue weighted by atomic mass is 16.5. The van der Waals surface area contributed by atoms with Gasteiger partial charge in [-0.05, 0) is 18.8 Å². The summed E-state index contributed by atoms with van der Waals surface area (Å²) in [6.07, 6.45) is 2.58. The van der Waals surface area contributed by atoms with Gasteiger partial charge >= 0.3 is 6.03 Å². The van der Waals surface area contributed by atoms with Crippen LogP contribution in [0.3, 0.4) is 0 Å². The minimum Gasteiger partial charge on any atom is -0.359 e. The number of nitrogens with one attached hydrogen (secondary N) is 2. The maximum atomic E-state index is 11.9. The van der Waals surface area contributed by atoms with E-state index < -0.39 is 0 Å². The van der Waals surface area contributed by atoms with Crippen LogP contribution in [0.2, 0.25) is 0 Å². The number of carbonyl (C=O) groups is 2. The Kier molecular flexibility index (Phi) is 4.04. The monoisotopic (exact) mass is 306 g/mol. The van der Waals surface area contributed by atoms with Crippen molar-refractivity contribution in [3.8, 4) is 0 Å². The number of rotatable bonds is 5. The largest absolute Gasteiger partial charge is 0.359 e. The van der Waals surface area contributed by atoms with Crippen molar-refractivity contribution in [3.63, 3.8) is 0 Å². The average Bonchev–Trinajstić information content (AvgIpc) is 3.07. The minimum absolute atomic E-state index is 0.103. The van der Waals surface area contributed by atoms with E-state index in [1.54, 1.807) is 0 Å². The van der Waals surface area contributed by atoms with Crippen LogP contribution in [0.1, 0.15) is 50.5 Å². The van der Waals surface area contributed by atoms with E-state index >= 15 is 0 Å². The Morgan fingerprint density at radius 2 is 2.27 bits per heavy atom. The van der Waals surface area contributed by atoms with Crippen molar-refractivity contribution in [2.75, 3.05) is 6.54 Å². The molecule has 0 spiro atoms. The van der Waals surface area contributed by atoms with Crippen molar-refractivity contribution in [1.29, 1.82) is 0 Å². The first-order chi connectivity index (χ1) is 10.5. The first-order valence-electron chi connectivity index (χ1n) is 7.82. The van der Waals surface area contributed by atoms with Gasteiger partial charge in [-0.25, -0.2) is 4.79 Å². The van der Waals surface area contributed by atoms with Gasteiger partial charge in [-0.15, -0.1) is 0 Å². The summed E-state index contributed by atoms with van der Waals surface area (Å²) in [5.74, 6) is 1.06. The first kappa shape index (κ1) is 14.9. The molecule has 7 nitrogen and oxygen atoms in total. The van der Waals surface area contributed by atoms with Gasteiger partial charge < -0.3 is 20.1 Å². The summed E-state index contributed by atoms with van der Waals surface area (Å²) >= 11 is 0. The molecule has 1 aromatic heterocycles. The number of carbonyl (C=O) groups excluding carboxylic acids is 2. The molecule has 2 aliphatic rings. The zero-order valence-corrected chi connectivity index (χ0v) is 13.0. The smallest absolute Gasteiger partial charge is 0.315 e. The molecule has 3 rings (SSSR count). The van der Waals surface area contributed by atoms with Gasteiger partial charge in [-0.1, -0.05) is 19.0 Å². The number of hydrogen-bond acceptors (Lipinski definition) is 4. The molecule has 2 N–H and O–H groups in total. The molecule has 1 saturated carbocycles. The van der Waals surface area contributed by atoms with E-state index in [1.807, 2.05) is 24.8 Å². The van der Waals surface area contributed by atoms with E-state index in [-0.39, 0.29) is 18.0 Å². The minimum atomic E-state index is -0.280. The normalized spacial score (nSPS) is 21.5. The van der Waals surface area contributed by atoms with Crippen molar-refractivity contribution in [2.45, 2.75) is 57.7 Å². The third kappa shape index (κ3) is 3.40. The Balaban J connectivity index is 1.43. The van der Waals surface area contributed by atoms with Crippen LogP contribution in [0.25, 0.3) is 0 Å². The molecule has 1 aliphatic heterocycles. The van der Waals surface area contributed by atoms with Crippen molar-refractivity contribution in [3.05, 3.63) is 17.5 Å². The Morgan fingerprint density at radius 3 is 2.91 bits per heavy atom. The lowest BCUT2D eigenvalue weighted by molar-refractivity contribution is -0.128. The molecule has 3 amide bonds. The highest BCUT2D eigenvalue weighted by Crippen LogP contribution is 2.30. The number of aromatic nitrogens is 1. The highest BCUT2D eigenvalue weighted by Gasteiger charge is 2.39. The van der Waals surface area contributed by atoms with E-state index in [0.29, 0.717) is 37.2 Å². The molecule has 120 valence electrons. The van der Waals surface area contributed by atoms with Gasteiger partial charge in [-0.2, -0.15) is 0 Å². The summed E-state index contributed by atoms with van der Waals surface area (Å²) in [6, 6.07) is 1.87. The number of likely N-dealkylation sites (tertiary alicyclic amines) is 1. The number of nitrogens with zero attached hydrogens (tertiary/aromatic N) is 2. The number of urea groups is 1. The zero-order valence-electron chi connectivity index (χ0n) is 13.0. The van der Waals surface area contributed by atoms with Crippen LogP contribution in [0.4, 0.5) is 4.79 Å². The summed E-state index contributed by atoms with van der Waals surface area (Å²) in [5, 5.41) is 9.53. The lowest BCUT2D eigenvalue weighted by atomic mass is 10.1. The molecule has 0 aromatic carbocycles. The van der Waals surface area contributed by atoms with E-state index in [9.17, 15) is 9.59 Å². The summed E-state index contributed by atoms with van der Waals surface area (Å²) in [6.45, 7) is 4.98. The summed E-state index contributed by atoms with van der Waals surface area (Å²) in [5.41, 5.74) is 0.874. The third-order valence-corrected chi connectivity index (χ3v) is 4.07. The Bertz CT molecular complexity index is 565. The predicted octanol–water partition coefficient (Wildman–Crippen LogP) is 1.36. The van der Waals surface area contributed by atoms with Gasteiger partial charge in [0, 0.05) is 25.1 Å². The van der Waals surface area contributed by atoms with Gasteiger partial charge in [0.15, 0.2) is 5.76 Å². The lowest BCUT2D eigenvalue weighted by Crippen LogP contribution is -2.43. The Morgan fingerprint density at radius 1 is 1.50 bits per heavy atom. The van der Waals surface area contributed by atoms with Gasteiger partial charge in [0.2, 0.25) is 5.91 Å². The van der Waals surface area contributed by atoms with Crippen LogP contribution in [0.15, 0.2) is 10.6 Å². The quantitative estimate of drug-likeness (QED) is 0.860. The van der Waals surface area contributed by atoms with E-state index in [1.165, 1.54) is 0 Å². The fraction of sp³-hybridized carbons (Fsp3) is 0.667. The second kappa shape index (κ2) is 5.98. The lowest BCUT2D eigenvalue weighted by Gasteiger charge is -2.16. The molecule has 0 bridgehead atoms. The molecule has 1 saturated heterocycles. The molecule has 1 atom stereocenters.